The van der Waals surface area contributed by atoms with Gasteiger partial charge in [0.2, 0.25) is 5.91 Å². The molecule has 1 aliphatic rings. The fourth-order valence-electron chi connectivity index (χ4n) is 3.25. The Morgan fingerprint density at radius 3 is 2.53 bits per heavy atom. The van der Waals surface area contributed by atoms with E-state index in [4.69, 9.17) is 14.2 Å². The van der Waals surface area contributed by atoms with Gasteiger partial charge in [-0.15, -0.1) is 0 Å². The van der Waals surface area contributed by atoms with Gasteiger partial charge in [0.15, 0.2) is 18.1 Å². The van der Waals surface area contributed by atoms with Crippen molar-refractivity contribution < 1.29 is 23.8 Å². The van der Waals surface area contributed by atoms with Gasteiger partial charge >= 0.3 is 0 Å². The molecule has 2 aromatic carbocycles. The molecule has 0 saturated carbocycles. The standard InChI is InChI=1S/C23H28N2O5/c1-15(2)23(17-9-10-20-21(13-17)29-12-6-11-28-20)25-22(27)14-30-19-8-5-4-7-18(19)24-16(3)26/h4-5,7-10,13,15,23H,6,11-12,14H2,1-3H3,(H,24,26)(H,25,27)/t23-/m1/s1. The van der Waals surface area contributed by atoms with Gasteiger partial charge in [-0.25, -0.2) is 0 Å². The maximum Gasteiger partial charge on any atom is 0.258 e. The molecule has 1 aliphatic heterocycles. The number of rotatable bonds is 7. The molecule has 0 fully saturated rings. The van der Waals surface area contributed by atoms with Crippen LogP contribution in [0, 0.1) is 5.92 Å². The van der Waals surface area contributed by atoms with Gasteiger partial charge in [0.1, 0.15) is 5.75 Å². The Bertz CT molecular complexity index is 897. The van der Waals surface area contributed by atoms with Crippen LogP contribution in [0.3, 0.4) is 0 Å². The number of nitrogens with one attached hydrogen (secondary N) is 2. The van der Waals surface area contributed by atoms with Crippen LogP contribution >= 0.6 is 0 Å². The summed E-state index contributed by atoms with van der Waals surface area (Å²) in [4.78, 5) is 23.9. The summed E-state index contributed by atoms with van der Waals surface area (Å²) >= 11 is 0. The van der Waals surface area contributed by atoms with Crippen LogP contribution in [-0.2, 0) is 9.59 Å². The molecule has 2 aromatic rings. The van der Waals surface area contributed by atoms with Gasteiger partial charge in [0, 0.05) is 13.3 Å². The highest BCUT2D eigenvalue weighted by molar-refractivity contribution is 5.90. The summed E-state index contributed by atoms with van der Waals surface area (Å²) < 4.78 is 17.1. The van der Waals surface area contributed by atoms with E-state index in [9.17, 15) is 9.59 Å². The Balaban J connectivity index is 1.67. The van der Waals surface area contributed by atoms with Crippen LogP contribution in [0.25, 0.3) is 0 Å². The fourth-order valence-corrected chi connectivity index (χ4v) is 3.25. The van der Waals surface area contributed by atoms with E-state index in [2.05, 4.69) is 10.6 Å². The quantitative estimate of drug-likeness (QED) is 0.724. The lowest BCUT2D eigenvalue weighted by Crippen LogP contribution is -2.35. The van der Waals surface area contributed by atoms with Crippen LogP contribution in [-0.4, -0.2) is 31.6 Å². The molecule has 7 heteroatoms. The van der Waals surface area contributed by atoms with Crippen molar-refractivity contribution in [3.63, 3.8) is 0 Å². The summed E-state index contributed by atoms with van der Waals surface area (Å²) in [7, 11) is 0. The first-order chi connectivity index (χ1) is 14.4. The molecule has 1 heterocycles. The molecule has 0 radical (unpaired) electrons. The zero-order valence-electron chi connectivity index (χ0n) is 17.6. The highest BCUT2D eigenvalue weighted by atomic mass is 16.5. The summed E-state index contributed by atoms with van der Waals surface area (Å²) in [5.41, 5.74) is 1.47. The van der Waals surface area contributed by atoms with E-state index in [-0.39, 0.29) is 30.4 Å². The summed E-state index contributed by atoms with van der Waals surface area (Å²) in [6, 6.07) is 12.6. The fraction of sp³-hybridized carbons (Fsp3) is 0.391. The molecule has 0 aliphatic carbocycles. The number of anilines is 1. The van der Waals surface area contributed by atoms with Crippen LogP contribution in [0.1, 0.15) is 38.8 Å². The van der Waals surface area contributed by atoms with Gasteiger partial charge in [0.05, 0.1) is 24.9 Å². The molecule has 0 saturated heterocycles. The summed E-state index contributed by atoms with van der Waals surface area (Å²) in [5, 5.41) is 5.73. The minimum absolute atomic E-state index is 0.158. The highest BCUT2D eigenvalue weighted by Gasteiger charge is 2.21. The van der Waals surface area contributed by atoms with Crippen molar-refractivity contribution in [1.82, 2.24) is 5.32 Å². The minimum Gasteiger partial charge on any atom is -0.490 e. The number of carbonyl (C=O) groups excluding carboxylic acids is 2. The third-order valence-corrected chi connectivity index (χ3v) is 4.67. The molecule has 2 amide bonds. The van der Waals surface area contributed by atoms with Crippen molar-refractivity contribution in [3.05, 3.63) is 48.0 Å². The molecule has 0 bridgehead atoms. The summed E-state index contributed by atoms with van der Waals surface area (Å²) in [6.07, 6.45) is 0.839. The average Bonchev–Trinajstić information content (AvgIpc) is 2.95. The predicted molar refractivity (Wildman–Crippen MR) is 114 cm³/mol. The zero-order chi connectivity index (χ0) is 21.5. The second-order valence-electron chi connectivity index (χ2n) is 7.51. The Hall–Kier alpha value is -3.22. The molecular formula is C23H28N2O5. The number of ether oxygens (including phenoxy) is 3. The molecule has 0 unspecified atom stereocenters. The maximum absolute atomic E-state index is 12.6. The normalized spacial score (nSPS) is 13.9. The monoisotopic (exact) mass is 412 g/mol. The van der Waals surface area contributed by atoms with Gasteiger partial charge in [0.25, 0.3) is 5.91 Å². The Morgan fingerprint density at radius 1 is 1.07 bits per heavy atom. The molecule has 160 valence electrons. The van der Waals surface area contributed by atoms with E-state index in [1.54, 1.807) is 24.3 Å². The summed E-state index contributed by atoms with van der Waals surface area (Å²) in [6.45, 7) is 6.59. The second kappa shape index (κ2) is 10.0. The van der Waals surface area contributed by atoms with Gasteiger partial charge < -0.3 is 24.8 Å². The Labute approximate surface area is 176 Å². The van der Waals surface area contributed by atoms with E-state index in [0.717, 1.165) is 17.7 Å². The lowest BCUT2D eigenvalue weighted by Gasteiger charge is -2.24. The highest BCUT2D eigenvalue weighted by Crippen LogP contribution is 2.34. The van der Waals surface area contributed by atoms with Crippen molar-refractivity contribution in [2.75, 3.05) is 25.1 Å². The molecule has 7 nitrogen and oxygen atoms in total. The molecule has 2 N–H and O–H groups in total. The number of fused-ring (bicyclic) bond motifs is 1. The first kappa shape index (κ1) is 21.5. The lowest BCUT2D eigenvalue weighted by molar-refractivity contribution is -0.124. The van der Waals surface area contributed by atoms with Gasteiger partial charge in [-0.1, -0.05) is 32.0 Å². The molecule has 0 aromatic heterocycles. The second-order valence-corrected chi connectivity index (χ2v) is 7.51. The van der Waals surface area contributed by atoms with E-state index < -0.39 is 0 Å². The van der Waals surface area contributed by atoms with Gasteiger partial charge in [-0.05, 0) is 35.7 Å². The minimum atomic E-state index is -0.251. The van der Waals surface area contributed by atoms with Crippen LogP contribution in [0.4, 0.5) is 5.69 Å². The van der Waals surface area contributed by atoms with E-state index >= 15 is 0 Å². The predicted octanol–water partition coefficient (Wildman–Crippen LogP) is 3.70. The van der Waals surface area contributed by atoms with E-state index in [1.807, 2.05) is 32.0 Å². The largest absolute Gasteiger partial charge is 0.490 e. The van der Waals surface area contributed by atoms with Gasteiger partial charge in [-0.2, -0.15) is 0 Å². The number of carbonyl (C=O) groups is 2. The third-order valence-electron chi connectivity index (χ3n) is 4.67. The van der Waals surface area contributed by atoms with Crippen LogP contribution in [0.15, 0.2) is 42.5 Å². The third kappa shape index (κ3) is 5.65. The topological polar surface area (TPSA) is 85.9 Å². The molecular weight excluding hydrogens is 384 g/mol. The van der Waals surface area contributed by atoms with Gasteiger partial charge in [-0.3, -0.25) is 9.59 Å². The first-order valence-electron chi connectivity index (χ1n) is 10.1. The molecule has 3 rings (SSSR count). The van der Waals surface area contributed by atoms with Crippen molar-refractivity contribution in [3.8, 4) is 17.2 Å². The van der Waals surface area contributed by atoms with Crippen molar-refractivity contribution in [1.29, 1.82) is 0 Å². The Kier molecular flexibility index (Phi) is 7.17. The Morgan fingerprint density at radius 2 is 1.80 bits per heavy atom. The zero-order valence-corrected chi connectivity index (χ0v) is 17.6. The number of hydrogen-bond donors (Lipinski definition) is 2. The number of hydrogen-bond acceptors (Lipinski definition) is 5. The van der Waals surface area contributed by atoms with Crippen LogP contribution in [0.5, 0.6) is 17.2 Å². The van der Waals surface area contributed by atoms with Crippen molar-refractivity contribution in [2.45, 2.75) is 33.2 Å². The number of benzene rings is 2. The van der Waals surface area contributed by atoms with E-state index in [1.165, 1.54) is 6.92 Å². The van der Waals surface area contributed by atoms with Crippen LogP contribution < -0.4 is 24.8 Å². The first-order valence-corrected chi connectivity index (χ1v) is 10.1. The average molecular weight is 412 g/mol. The maximum atomic E-state index is 12.6. The molecule has 1 atom stereocenters. The molecule has 0 spiro atoms. The van der Waals surface area contributed by atoms with E-state index in [0.29, 0.717) is 30.4 Å². The SMILES string of the molecule is CC(=O)Nc1ccccc1OCC(=O)N[C@@H](c1ccc2c(c1)OCCCO2)C(C)C. The summed E-state index contributed by atoms with van der Waals surface area (Å²) in [5.74, 6) is 1.57. The van der Waals surface area contributed by atoms with Crippen molar-refractivity contribution >= 4 is 17.5 Å². The molecule has 30 heavy (non-hydrogen) atoms. The van der Waals surface area contributed by atoms with Crippen LogP contribution in [0.2, 0.25) is 0 Å². The number of amides is 2. The lowest BCUT2D eigenvalue weighted by atomic mass is 9.95. The number of para-hydroxylation sites is 2. The van der Waals surface area contributed by atoms with Crippen molar-refractivity contribution in [2.24, 2.45) is 5.92 Å². The smallest absolute Gasteiger partial charge is 0.258 e.